The molecule has 3 aromatic rings. The maximum atomic E-state index is 13.4. The lowest BCUT2D eigenvalue weighted by molar-refractivity contribution is -0.132. The molecule has 4 rings (SSSR count). The monoisotopic (exact) mass is 471 g/mol. The van der Waals surface area contributed by atoms with E-state index in [-0.39, 0.29) is 17.3 Å². The Labute approximate surface area is 205 Å². The van der Waals surface area contributed by atoms with E-state index >= 15 is 0 Å². The van der Waals surface area contributed by atoms with Crippen molar-refractivity contribution in [1.29, 1.82) is 0 Å². The van der Waals surface area contributed by atoms with Gasteiger partial charge in [-0.2, -0.15) is 0 Å². The van der Waals surface area contributed by atoms with Gasteiger partial charge in [0.15, 0.2) is 0 Å². The first-order valence-electron chi connectivity index (χ1n) is 11.6. The van der Waals surface area contributed by atoms with E-state index in [1.807, 2.05) is 51.1 Å². The van der Waals surface area contributed by atoms with E-state index in [4.69, 9.17) is 9.47 Å². The fraction of sp³-hybridized carbons (Fsp3) is 0.241. The topological polar surface area (TPSA) is 76.1 Å². The van der Waals surface area contributed by atoms with Gasteiger partial charge in [-0.1, -0.05) is 44.2 Å². The minimum Gasteiger partial charge on any atom is -0.507 e. The van der Waals surface area contributed by atoms with Gasteiger partial charge in [-0.25, -0.2) is 0 Å². The van der Waals surface area contributed by atoms with Gasteiger partial charge < -0.3 is 14.6 Å². The van der Waals surface area contributed by atoms with E-state index in [1.54, 1.807) is 49.6 Å². The van der Waals surface area contributed by atoms with Crippen molar-refractivity contribution in [3.8, 4) is 11.5 Å². The summed E-state index contributed by atoms with van der Waals surface area (Å²) in [6.07, 6.45) is 0. The van der Waals surface area contributed by atoms with E-state index in [0.29, 0.717) is 34.9 Å². The Morgan fingerprint density at radius 2 is 1.74 bits per heavy atom. The van der Waals surface area contributed by atoms with Gasteiger partial charge in [0.1, 0.15) is 17.3 Å². The summed E-state index contributed by atoms with van der Waals surface area (Å²) >= 11 is 0. The quantitative estimate of drug-likeness (QED) is 0.266. The lowest BCUT2D eigenvalue weighted by atomic mass is 9.93. The number of hydrogen-bond donors (Lipinski definition) is 1. The molecule has 3 aromatic carbocycles. The maximum Gasteiger partial charge on any atom is 0.300 e. The van der Waals surface area contributed by atoms with Crippen LogP contribution >= 0.6 is 0 Å². The number of carbonyl (C=O) groups is 2. The number of amides is 1. The lowest BCUT2D eigenvalue weighted by Gasteiger charge is -2.26. The molecular weight excluding hydrogens is 442 g/mol. The number of aliphatic hydroxyl groups is 1. The van der Waals surface area contributed by atoms with Gasteiger partial charge in [0.25, 0.3) is 11.7 Å². The van der Waals surface area contributed by atoms with Gasteiger partial charge in [-0.15, -0.1) is 0 Å². The third kappa shape index (κ3) is 4.52. The van der Waals surface area contributed by atoms with Crippen LogP contribution in [-0.2, 0) is 9.59 Å². The molecule has 1 N–H and O–H groups in total. The molecule has 1 atom stereocenters. The molecule has 1 amide bonds. The van der Waals surface area contributed by atoms with Crippen molar-refractivity contribution in [3.63, 3.8) is 0 Å². The minimum absolute atomic E-state index is 0.0346. The summed E-state index contributed by atoms with van der Waals surface area (Å²) in [6, 6.07) is 20.7. The van der Waals surface area contributed by atoms with Crippen molar-refractivity contribution in [1.82, 2.24) is 0 Å². The third-order valence-electron chi connectivity index (χ3n) is 6.09. The number of benzene rings is 3. The molecule has 1 heterocycles. The molecule has 1 fully saturated rings. The van der Waals surface area contributed by atoms with Crippen LogP contribution in [0.15, 0.2) is 78.4 Å². The summed E-state index contributed by atoms with van der Waals surface area (Å²) < 4.78 is 11.1. The van der Waals surface area contributed by atoms with E-state index in [1.165, 1.54) is 4.90 Å². The molecule has 180 valence electrons. The standard InChI is InChI=1S/C29H29NO5/c1-5-35-22-13-9-10-19(16-22)26-25(28(32)29(33)30(26)21-11-7-6-8-12-21)27(31)20-14-15-24(34-4)23(17-20)18(2)3/h6-18,26,31H,5H2,1-4H3/b27-25+. The Morgan fingerprint density at radius 3 is 2.40 bits per heavy atom. The first-order chi connectivity index (χ1) is 16.9. The van der Waals surface area contributed by atoms with Crippen molar-refractivity contribution in [3.05, 3.63) is 95.1 Å². The largest absolute Gasteiger partial charge is 0.507 e. The zero-order valence-corrected chi connectivity index (χ0v) is 20.3. The van der Waals surface area contributed by atoms with E-state index < -0.39 is 17.7 Å². The van der Waals surface area contributed by atoms with Crippen LogP contribution in [0.2, 0.25) is 0 Å². The number of carbonyl (C=O) groups excluding carboxylic acids is 2. The van der Waals surface area contributed by atoms with Gasteiger partial charge >= 0.3 is 0 Å². The molecule has 6 heteroatoms. The highest BCUT2D eigenvalue weighted by Gasteiger charge is 2.47. The van der Waals surface area contributed by atoms with E-state index in [9.17, 15) is 14.7 Å². The number of ketones is 1. The predicted octanol–water partition coefficient (Wildman–Crippen LogP) is 5.84. The molecule has 35 heavy (non-hydrogen) atoms. The molecule has 1 unspecified atom stereocenters. The number of ether oxygens (including phenoxy) is 2. The summed E-state index contributed by atoms with van der Waals surface area (Å²) in [5.41, 5.74) is 2.61. The van der Waals surface area contributed by atoms with Crippen molar-refractivity contribution in [2.75, 3.05) is 18.6 Å². The molecule has 0 aromatic heterocycles. The Balaban J connectivity index is 1.94. The third-order valence-corrected chi connectivity index (χ3v) is 6.09. The summed E-state index contributed by atoms with van der Waals surface area (Å²) in [5.74, 6) is -0.207. The highest BCUT2D eigenvalue weighted by atomic mass is 16.5. The molecule has 0 bridgehead atoms. The van der Waals surface area contributed by atoms with Crippen LogP contribution in [0, 0.1) is 0 Å². The lowest BCUT2D eigenvalue weighted by Crippen LogP contribution is -2.29. The van der Waals surface area contributed by atoms with Crippen molar-refractivity contribution >= 4 is 23.1 Å². The van der Waals surface area contributed by atoms with Crippen LogP contribution in [0.25, 0.3) is 5.76 Å². The van der Waals surface area contributed by atoms with Gasteiger partial charge in [-0.05, 0) is 66.4 Å². The number of Topliss-reactive ketones (excluding diaryl/α,β-unsaturated/α-hetero) is 1. The van der Waals surface area contributed by atoms with Crippen LogP contribution in [0.3, 0.4) is 0 Å². The zero-order valence-electron chi connectivity index (χ0n) is 20.3. The SMILES string of the molecule is CCOc1cccc(C2/C(=C(\O)c3ccc(OC)c(C(C)C)c3)C(=O)C(=O)N2c2ccccc2)c1. The minimum atomic E-state index is -0.817. The summed E-state index contributed by atoms with van der Waals surface area (Å²) in [6.45, 7) is 6.41. The number of methoxy groups -OCH3 is 1. The molecule has 0 aliphatic carbocycles. The molecule has 6 nitrogen and oxygen atoms in total. The fourth-order valence-corrected chi connectivity index (χ4v) is 4.43. The Bertz CT molecular complexity index is 1280. The number of aliphatic hydroxyl groups excluding tert-OH is 1. The first-order valence-corrected chi connectivity index (χ1v) is 11.6. The molecule has 0 spiro atoms. The molecule has 1 aliphatic heterocycles. The number of rotatable bonds is 7. The first kappa shape index (κ1) is 24.1. The maximum absolute atomic E-state index is 13.4. The van der Waals surface area contributed by atoms with Crippen LogP contribution in [0.4, 0.5) is 5.69 Å². The molecule has 0 saturated carbocycles. The number of anilines is 1. The highest BCUT2D eigenvalue weighted by Crippen LogP contribution is 2.43. The second kappa shape index (κ2) is 10.1. The summed E-state index contributed by atoms with van der Waals surface area (Å²) in [4.78, 5) is 28.1. The number of nitrogens with zero attached hydrogens (tertiary/aromatic N) is 1. The average Bonchev–Trinajstić information content (AvgIpc) is 3.14. The number of hydrogen-bond acceptors (Lipinski definition) is 5. The Kier molecular flexibility index (Phi) is 6.92. The fourth-order valence-electron chi connectivity index (χ4n) is 4.43. The summed E-state index contributed by atoms with van der Waals surface area (Å²) in [7, 11) is 1.59. The Morgan fingerprint density at radius 1 is 1.00 bits per heavy atom. The number of para-hydroxylation sites is 1. The van der Waals surface area contributed by atoms with Crippen LogP contribution in [0.1, 0.15) is 49.4 Å². The van der Waals surface area contributed by atoms with E-state index in [2.05, 4.69) is 0 Å². The Hall–Kier alpha value is -4.06. The van der Waals surface area contributed by atoms with E-state index in [0.717, 1.165) is 5.56 Å². The van der Waals surface area contributed by atoms with Gasteiger partial charge in [0.05, 0.1) is 25.3 Å². The molecular formula is C29H29NO5. The molecule has 1 aliphatic rings. The predicted molar refractivity (Wildman–Crippen MR) is 136 cm³/mol. The van der Waals surface area contributed by atoms with Crippen molar-refractivity contribution < 1.29 is 24.2 Å². The van der Waals surface area contributed by atoms with Gasteiger partial charge in [0.2, 0.25) is 0 Å². The average molecular weight is 472 g/mol. The normalized spacial score (nSPS) is 17.2. The van der Waals surface area contributed by atoms with Crippen molar-refractivity contribution in [2.45, 2.75) is 32.7 Å². The van der Waals surface area contributed by atoms with Crippen LogP contribution in [0.5, 0.6) is 11.5 Å². The highest BCUT2D eigenvalue weighted by molar-refractivity contribution is 6.51. The van der Waals surface area contributed by atoms with Crippen molar-refractivity contribution in [2.24, 2.45) is 0 Å². The second-order valence-corrected chi connectivity index (χ2v) is 8.62. The smallest absolute Gasteiger partial charge is 0.300 e. The summed E-state index contributed by atoms with van der Waals surface area (Å²) in [5, 5.41) is 11.5. The molecule has 1 saturated heterocycles. The van der Waals surface area contributed by atoms with Crippen LogP contribution < -0.4 is 14.4 Å². The molecule has 0 radical (unpaired) electrons. The van der Waals surface area contributed by atoms with Gasteiger partial charge in [0, 0.05) is 11.3 Å². The van der Waals surface area contributed by atoms with Crippen LogP contribution in [-0.4, -0.2) is 30.5 Å². The zero-order chi connectivity index (χ0) is 25.1. The van der Waals surface area contributed by atoms with Gasteiger partial charge in [-0.3, -0.25) is 14.5 Å². The second-order valence-electron chi connectivity index (χ2n) is 8.62.